The van der Waals surface area contributed by atoms with Crippen molar-refractivity contribution in [2.75, 3.05) is 6.61 Å². The maximum Gasteiger partial charge on any atom is 0.338 e. The molecule has 0 amide bonds. The number of carbonyl (C=O) groups is 2. The molecule has 2 aromatic carbocycles. The minimum absolute atomic E-state index is 0.00793. The highest BCUT2D eigenvalue weighted by atomic mass is 28.4. The van der Waals surface area contributed by atoms with Crippen LogP contribution in [-0.4, -0.2) is 67.4 Å². The molecule has 7 nitrogen and oxygen atoms in total. The van der Waals surface area contributed by atoms with Gasteiger partial charge in [0.15, 0.2) is 25.0 Å². The Bertz CT molecular complexity index is 1380. The lowest BCUT2D eigenvalue weighted by molar-refractivity contribution is -0.234. The van der Waals surface area contributed by atoms with Crippen molar-refractivity contribution < 1.29 is 32.3 Å². The Labute approximate surface area is 272 Å². The van der Waals surface area contributed by atoms with Gasteiger partial charge in [0.05, 0.1) is 17.2 Å². The summed E-state index contributed by atoms with van der Waals surface area (Å²) >= 11 is 0. The van der Waals surface area contributed by atoms with Gasteiger partial charge in [0.2, 0.25) is 0 Å². The van der Waals surface area contributed by atoms with Gasteiger partial charge >= 0.3 is 11.9 Å². The molecule has 2 fully saturated rings. The zero-order valence-electron chi connectivity index (χ0n) is 28.2. The van der Waals surface area contributed by atoms with Gasteiger partial charge < -0.3 is 22.8 Å². The Morgan fingerprint density at radius 3 is 1.67 bits per heavy atom. The zero-order valence-corrected chi connectivity index (χ0v) is 31.2. The van der Waals surface area contributed by atoms with E-state index in [4.69, 9.17) is 22.8 Å². The lowest BCUT2D eigenvalue weighted by atomic mass is 9.62. The van der Waals surface area contributed by atoms with Crippen molar-refractivity contribution in [2.24, 2.45) is 23.7 Å². The first-order valence-electron chi connectivity index (χ1n) is 16.2. The van der Waals surface area contributed by atoms with Gasteiger partial charge in [-0.2, -0.15) is 0 Å². The normalized spacial score (nSPS) is 31.0. The van der Waals surface area contributed by atoms with Crippen molar-refractivity contribution >= 4 is 36.9 Å². The first kappa shape index (κ1) is 34.0. The number of ether oxygens (including phenoxy) is 2. The predicted molar refractivity (Wildman–Crippen MR) is 184 cm³/mol. The molecule has 0 radical (unpaired) electrons. The van der Waals surface area contributed by atoms with E-state index in [-0.39, 0.29) is 36.2 Å². The molecular weight excluding hydrogens is 617 g/mol. The van der Waals surface area contributed by atoms with Crippen LogP contribution in [0.25, 0.3) is 0 Å². The standard InChI is InChI=1S/C35H50O7Si3/c1-43(2,3)40-31-29-27-21-20-26(22-27)28(29)30(39-34(37)25-18-14-11-15-19-25)32(41-44(4,5)6)35(31,42-45(7,8)9)23-38-33(36)24-16-12-10-13-17-24/h10-21,26-32H,22-23H2,1-9H3/t26-,27+,28?,29?,30-,31+,32+,35-/m1/s1. The van der Waals surface area contributed by atoms with Crippen LogP contribution >= 0.6 is 0 Å². The Balaban J connectivity index is 1.69. The van der Waals surface area contributed by atoms with E-state index in [1.54, 1.807) is 24.3 Å². The third-order valence-corrected chi connectivity index (χ3v) is 11.6. The molecule has 0 saturated heterocycles. The predicted octanol–water partition coefficient (Wildman–Crippen LogP) is 7.55. The second-order valence-electron chi connectivity index (χ2n) is 15.8. The van der Waals surface area contributed by atoms with E-state index in [1.165, 1.54) is 0 Å². The van der Waals surface area contributed by atoms with Crippen LogP contribution < -0.4 is 0 Å². The van der Waals surface area contributed by atoms with Crippen LogP contribution in [0.3, 0.4) is 0 Å². The number of fused-ring (bicyclic) bond motifs is 5. The molecule has 5 rings (SSSR count). The van der Waals surface area contributed by atoms with Gasteiger partial charge in [-0.25, -0.2) is 9.59 Å². The highest BCUT2D eigenvalue weighted by molar-refractivity contribution is 6.70. The Kier molecular flexibility index (Phi) is 9.59. The van der Waals surface area contributed by atoms with Gasteiger partial charge in [0.25, 0.3) is 0 Å². The minimum Gasteiger partial charge on any atom is -0.459 e. The van der Waals surface area contributed by atoms with Crippen LogP contribution in [0.4, 0.5) is 0 Å². The SMILES string of the molecule is C[Si](C)(C)O[C@H]1C2C([C@@H]3C=C[C@H]2C3)[C@@H](OC(=O)c2ccccc2)[C@H](O[Si](C)(C)C)[C@]1(COC(=O)c1ccccc1)O[Si](C)(C)C. The van der Waals surface area contributed by atoms with Crippen molar-refractivity contribution in [1.29, 1.82) is 0 Å². The number of hydrogen-bond acceptors (Lipinski definition) is 7. The Hall–Kier alpha value is -2.35. The number of allylic oxidation sites excluding steroid dienone is 2. The quantitative estimate of drug-likeness (QED) is 0.139. The third kappa shape index (κ3) is 7.63. The van der Waals surface area contributed by atoms with Crippen molar-refractivity contribution in [3.05, 3.63) is 83.9 Å². The largest absolute Gasteiger partial charge is 0.459 e. The summed E-state index contributed by atoms with van der Waals surface area (Å²) in [5, 5.41) is 0. The van der Waals surface area contributed by atoms with E-state index in [0.717, 1.165) is 6.42 Å². The Morgan fingerprint density at radius 2 is 1.16 bits per heavy atom. The van der Waals surface area contributed by atoms with Gasteiger partial charge in [0, 0.05) is 11.8 Å². The molecule has 0 spiro atoms. The molecule has 3 aliphatic carbocycles. The molecule has 8 atom stereocenters. The van der Waals surface area contributed by atoms with Crippen molar-refractivity contribution in [2.45, 2.75) is 89.3 Å². The molecule has 2 unspecified atom stereocenters. The molecule has 10 heteroatoms. The van der Waals surface area contributed by atoms with Gasteiger partial charge in [-0.3, -0.25) is 0 Å². The number of hydrogen-bond donors (Lipinski definition) is 0. The number of esters is 2. The Morgan fingerprint density at radius 1 is 0.667 bits per heavy atom. The summed E-state index contributed by atoms with van der Waals surface area (Å²) in [6.45, 7) is 19.3. The number of benzene rings is 2. The van der Waals surface area contributed by atoms with E-state index in [2.05, 4.69) is 71.1 Å². The lowest BCUT2D eigenvalue weighted by Crippen LogP contribution is -2.75. The molecule has 0 heterocycles. The fraction of sp³-hybridized carbons (Fsp3) is 0.543. The molecule has 0 aliphatic heterocycles. The molecule has 0 N–H and O–H groups in total. The fourth-order valence-corrected chi connectivity index (χ4v) is 11.1. The first-order chi connectivity index (χ1) is 21.0. The minimum atomic E-state index is -2.38. The van der Waals surface area contributed by atoms with Crippen LogP contribution in [0.2, 0.25) is 58.9 Å². The maximum atomic E-state index is 13.9. The number of rotatable bonds is 11. The lowest BCUT2D eigenvalue weighted by Gasteiger charge is -2.60. The molecule has 2 saturated carbocycles. The molecule has 3 aliphatic rings. The fourth-order valence-electron chi connectivity index (χ4n) is 7.48. The monoisotopic (exact) mass is 666 g/mol. The summed E-state index contributed by atoms with van der Waals surface area (Å²) in [5.41, 5.74) is -0.238. The van der Waals surface area contributed by atoms with Gasteiger partial charge in [-0.1, -0.05) is 48.6 Å². The highest BCUT2D eigenvalue weighted by Crippen LogP contribution is 2.60. The summed E-state index contributed by atoms with van der Waals surface area (Å²) in [5.74, 6) is -0.358. The van der Waals surface area contributed by atoms with Crippen LogP contribution in [0.5, 0.6) is 0 Å². The summed E-state index contributed by atoms with van der Waals surface area (Å²) < 4.78 is 34.6. The molecule has 2 bridgehead atoms. The summed E-state index contributed by atoms with van der Waals surface area (Å²) in [7, 11) is -6.89. The zero-order chi connectivity index (χ0) is 32.8. The van der Waals surface area contributed by atoms with E-state index in [0.29, 0.717) is 11.1 Å². The van der Waals surface area contributed by atoms with E-state index in [9.17, 15) is 9.59 Å². The van der Waals surface area contributed by atoms with Crippen LogP contribution in [0.15, 0.2) is 72.8 Å². The van der Waals surface area contributed by atoms with Crippen LogP contribution in [-0.2, 0) is 22.8 Å². The molecule has 2 aromatic rings. The van der Waals surface area contributed by atoms with Crippen molar-refractivity contribution in [3.8, 4) is 0 Å². The second-order valence-corrected chi connectivity index (χ2v) is 29.1. The van der Waals surface area contributed by atoms with Crippen LogP contribution in [0, 0.1) is 23.7 Å². The summed E-state index contributed by atoms with van der Waals surface area (Å²) in [4.78, 5) is 27.4. The van der Waals surface area contributed by atoms with E-state index >= 15 is 0 Å². The molecule has 0 aromatic heterocycles. The maximum absolute atomic E-state index is 13.9. The molecular formula is C35H50O7Si3. The first-order valence-corrected chi connectivity index (χ1v) is 26.4. The van der Waals surface area contributed by atoms with Crippen molar-refractivity contribution in [3.63, 3.8) is 0 Å². The summed E-state index contributed by atoms with van der Waals surface area (Å²) in [6, 6.07) is 18.2. The van der Waals surface area contributed by atoms with Gasteiger partial charge in [-0.15, -0.1) is 0 Å². The molecule has 45 heavy (non-hydrogen) atoms. The van der Waals surface area contributed by atoms with Crippen LogP contribution in [0.1, 0.15) is 27.1 Å². The smallest absolute Gasteiger partial charge is 0.338 e. The molecule has 244 valence electrons. The average molecular weight is 667 g/mol. The van der Waals surface area contributed by atoms with Gasteiger partial charge in [0.1, 0.15) is 24.4 Å². The average Bonchev–Trinajstić information content (AvgIpc) is 3.57. The van der Waals surface area contributed by atoms with E-state index < -0.39 is 54.8 Å². The summed E-state index contributed by atoms with van der Waals surface area (Å²) in [6.07, 6.45) is 3.81. The topological polar surface area (TPSA) is 80.3 Å². The van der Waals surface area contributed by atoms with Gasteiger partial charge in [-0.05, 0) is 101 Å². The third-order valence-electron chi connectivity index (χ3n) is 8.72. The second kappa shape index (κ2) is 12.7. The highest BCUT2D eigenvalue weighted by Gasteiger charge is 2.69. The van der Waals surface area contributed by atoms with E-state index in [1.807, 2.05) is 36.4 Å². The number of carbonyl (C=O) groups excluding carboxylic acids is 2. The van der Waals surface area contributed by atoms with Crippen molar-refractivity contribution in [1.82, 2.24) is 0 Å².